The van der Waals surface area contributed by atoms with Crippen molar-refractivity contribution < 1.29 is 26.7 Å². The molecule has 1 aromatic carbocycles. The molecule has 3 N–H and O–H groups in total. The molecule has 0 aliphatic rings. The van der Waals surface area contributed by atoms with Crippen molar-refractivity contribution in [3.63, 3.8) is 0 Å². The van der Waals surface area contributed by atoms with Gasteiger partial charge in [-0.1, -0.05) is 24.6 Å². The van der Waals surface area contributed by atoms with Crippen LogP contribution in [-0.4, -0.2) is 12.1 Å². The molecule has 0 bridgehead atoms. The zero-order valence-electron chi connectivity index (χ0n) is 14.0. The van der Waals surface area contributed by atoms with Crippen molar-refractivity contribution in [3.05, 3.63) is 58.8 Å². The predicted octanol–water partition coefficient (Wildman–Crippen LogP) is 4.06. The van der Waals surface area contributed by atoms with Crippen molar-refractivity contribution >= 4 is 5.91 Å². The third kappa shape index (κ3) is 4.37. The van der Waals surface area contributed by atoms with Gasteiger partial charge in [0.25, 0.3) is 0 Å². The van der Waals surface area contributed by atoms with Crippen molar-refractivity contribution in [2.45, 2.75) is 38.9 Å². The topological polar surface area (TPSA) is 55.1 Å². The van der Waals surface area contributed by atoms with Gasteiger partial charge < -0.3 is 11.1 Å². The minimum atomic E-state index is -5.10. The molecule has 1 atom stereocenters. The minimum Gasteiger partial charge on any atom is -0.400 e. The van der Waals surface area contributed by atoms with E-state index in [4.69, 9.17) is 5.73 Å². The van der Waals surface area contributed by atoms with E-state index in [0.29, 0.717) is 18.6 Å². The van der Waals surface area contributed by atoms with Gasteiger partial charge in [-0.15, -0.1) is 0 Å². The van der Waals surface area contributed by atoms with Crippen molar-refractivity contribution in [1.82, 2.24) is 5.32 Å². The molecule has 1 rings (SSSR count). The van der Waals surface area contributed by atoms with Crippen LogP contribution in [0.4, 0.5) is 22.0 Å². The number of nitrogens with two attached hydrogens (primary N) is 1. The second kappa shape index (κ2) is 7.67. The third-order valence-corrected chi connectivity index (χ3v) is 3.68. The van der Waals surface area contributed by atoms with Crippen LogP contribution in [0.25, 0.3) is 0 Å². The molecule has 1 aromatic rings. The van der Waals surface area contributed by atoms with E-state index < -0.39 is 40.5 Å². The number of allylic oxidation sites excluding steroid dienone is 3. The number of alkyl halides is 3. The van der Waals surface area contributed by atoms with Crippen LogP contribution in [0.1, 0.15) is 32.8 Å². The van der Waals surface area contributed by atoms with E-state index in [9.17, 15) is 26.7 Å². The predicted molar refractivity (Wildman–Crippen MR) is 84.2 cm³/mol. The molecular weight excluding hydrogens is 343 g/mol. The van der Waals surface area contributed by atoms with Crippen LogP contribution in [0, 0.1) is 11.6 Å². The number of hydrogen-bond acceptors (Lipinski definition) is 2. The molecule has 0 fully saturated rings. The largest absolute Gasteiger partial charge is 0.421 e. The molecule has 0 aliphatic carbocycles. The molecule has 1 amide bonds. The molecule has 0 aromatic heterocycles. The normalized spacial score (nSPS) is 15.7. The number of halogens is 5. The van der Waals surface area contributed by atoms with Crippen molar-refractivity contribution in [3.8, 4) is 0 Å². The number of nitrogens with one attached hydrogen (secondary N) is 1. The fourth-order valence-electron chi connectivity index (χ4n) is 2.18. The lowest BCUT2D eigenvalue weighted by atomic mass is 9.85. The first-order valence-electron chi connectivity index (χ1n) is 7.40. The van der Waals surface area contributed by atoms with E-state index in [0.717, 1.165) is 24.6 Å². The molecule has 25 heavy (non-hydrogen) atoms. The molecule has 0 saturated heterocycles. The average Bonchev–Trinajstić information content (AvgIpc) is 2.51. The van der Waals surface area contributed by atoms with Crippen LogP contribution in [0.2, 0.25) is 0 Å². The van der Waals surface area contributed by atoms with Gasteiger partial charge >= 0.3 is 6.18 Å². The van der Waals surface area contributed by atoms with Gasteiger partial charge in [0.1, 0.15) is 0 Å². The maximum Gasteiger partial charge on any atom is 0.421 e. The molecule has 0 spiro atoms. The Morgan fingerprint density at radius 2 is 1.76 bits per heavy atom. The highest BCUT2D eigenvalue weighted by Crippen LogP contribution is 2.43. The molecule has 8 heteroatoms. The molecular formula is C17H19F5N2O. The maximum absolute atomic E-state index is 13.9. The lowest BCUT2D eigenvalue weighted by molar-refractivity contribution is -0.191. The lowest BCUT2D eigenvalue weighted by Crippen LogP contribution is -2.58. The Morgan fingerprint density at radius 3 is 2.20 bits per heavy atom. The standard InChI is InChI=1S/C17H19F5N2O/c1-4-10(2)5-8-15(23)16(17(20,21)22,24-11(3)25)12-6-7-13(18)14(19)9-12/h5-9H,4,23H2,1-3H3,(H,24,25)/b10-5+,15-8-. The zero-order valence-corrected chi connectivity index (χ0v) is 14.0. The minimum absolute atomic E-state index is 0.371. The van der Waals surface area contributed by atoms with Gasteiger partial charge in [0.2, 0.25) is 11.4 Å². The van der Waals surface area contributed by atoms with Gasteiger partial charge in [-0.2, -0.15) is 13.2 Å². The van der Waals surface area contributed by atoms with Crippen molar-refractivity contribution in [1.29, 1.82) is 0 Å². The van der Waals surface area contributed by atoms with Gasteiger partial charge in [0.05, 0.1) is 0 Å². The smallest absolute Gasteiger partial charge is 0.400 e. The van der Waals surface area contributed by atoms with Gasteiger partial charge in [0, 0.05) is 12.6 Å². The molecule has 1 unspecified atom stereocenters. The summed E-state index contributed by atoms with van der Waals surface area (Å²) in [5.74, 6) is -3.83. The number of hydrogen-bond donors (Lipinski definition) is 2. The van der Waals surface area contributed by atoms with Crippen LogP contribution >= 0.6 is 0 Å². The molecule has 3 nitrogen and oxygen atoms in total. The number of carbonyl (C=O) groups excluding carboxylic acids is 1. The molecule has 0 radical (unpaired) electrons. The molecule has 138 valence electrons. The van der Waals surface area contributed by atoms with E-state index in [2.05, 4.69) is 0 Å². The van der Waals surface area contributed by atoms with Crippen molar-refractivity contribution in [2.24, 2.45) is 5.73 Å². The number of carbonyl (C=O) groups is 1. The third-order valence-electron chi connectivity index (χ3n) is 3.68. The Kier molecular flexibility index (Phi) is 6.34. The van der Waals surface area contributed by atoms with Crippen LogP contribution in [0.15, 0.2) is 41.6 Å². The van der Waals surface area contributed by atoms with Crippen molar-refractivity contribution in [2.75, 3.05) is 0 Å². The van der Waals surface area contributed by atoms with E-state index >= 15 is 0 Å². The summed E-state index contributed by atoms with van der Waals surface area (Å²) in [6, 6.07) is 1.65. The van der Waals surface area contributed by atoms with Crippen LogP contribution < -0.4 is 11.1 Å². The highest BCUT2D eigenvalue weighted by molar-refractivity contribution is 5.75. The van der Waals surface area contributed by atoms with Gasteiger partial charge in [-0.25, -0.2) is 8.78 Å². The Bertz CT molecular complexity index is 709. The summed E-state index contributed by atoms with van der Waals surface area (Å²) < 4.78 is 68.5. The summed E-state index contributed by atoms with van der Waals surface area (Å²) in [4.78, 5) is 11.5. The van der Waals surface area contributed by atoms with Gasteiger partial charge in [0.15, 0.2) is 11.6 Å². The Morgan fingerprint density at radius 1 is 1.16 bits per heavy atom. The fraction of sp³-hybridized carbons (Fsp3) is 0.353. The van der Waals surface area contributed by atoms with Gasteiger partial charge in [-0.05, 0) is 37.1 Å². The number of rotatable bonds is 5. The number of amides is 1. The second-order valence-electron chi connectivity index (χ2n) is 5.55. The molecule has 0 saturated carbocycles. The summed E-state index contributed by atoms with van der Waals surface area (Å²) in [6.07, 6.45) is -2.15. The zero-order chi connectivity index (χ0) is 19.4. The van der Waals surface area contributed by atoms with E-state index in [1.54, 1.807) is 19.2 Å². The second-order valence-corrected chi connectivity index (χ2v) is 5.55. The van der Waals surface area contributed by atoms with E-state index in [-0.39, 0.29) is 0 Å². The Hall–Kier alpha value is -2.38. The highest BCUT2D eigenvalue weighted by atomic mass is 19.4. The van der Waals surface area contributed by atoms with Crippen LogP contribution in [0.5, 0.6) is 0 Å². The van der Waals surface area contributed by atoms with E-state index in [1.165, 1.54) is 6.08 Å². The van der Waals surface area contributed by atoms with Gasteiger partial charge in [-0.3, -0.25) is 4.79 Å². The summed E-state index contributed by atoms with van der Waals surface area (Å²) in [5, 5.41) is 1.76. The van der Waals surface area contributed by atoms with Crippen LogP contribution in [0.3, 0.4) is 0 Å². The summed E-state index contributed by atoms with van der Waals surface area (Å²) in [7, 11) is 0. The molecule has 0 heterocycles. The Balaban J connectivity index is 3.74. The fourth-order valence-corrected chi connectivity index (χ4v) is 2.18. The Labute approximate surface area is 142 Å². The highest BCUT2D eigenvalue weighted by Gasteiger charge is 2.59. The number of benzene rings is 1. The average molecular weight is 362 g/mol. The first-order chi connectivity index (χ1) is 11.5. The summed E-state index contributed by atoms with van der Waals surface area (Å²) in [6.45, 7) is 4.37. The SMILES string of the molecule is CC/C(C)=C/C=C(\N)C(NC(C)=O)(c1ccc(F)c(F)c1)C(F)(F)F. The summed E-state index contributed by atoms with van der Waals surface area (Å²) in [5.41, 5.74) is 1.74. The first-order valence-corrected chi connectivity index (χ1v) is 7.40. The monoisotopic (exact) mass is 362 g/mol. The first kappa shape index (κ1) is 20.7. The quantitative estimate of drug-likeness (QED) is 0.613. The van der Waals surface area contributed by atoms with Crippen LogP contribution in [-0.2, 0) is 10.3 Å². The summed E-state index contributed by atoms with van der Waals surface area (Å²) >= 11 is 0. The van der Waals surface area contributed by atoms with E-state index in [1.807, 2.05) is 0 Å². The lowest BCUT2D eigenvalue weighted by Gasteiger charge is -2.37. The maximum atomic E-state index is 13.9. The molecule has 0 aliphatic heterocycles.